The molecule has 2 fully saturated rings. The number of likely N-dealkylation sites (tertiary alicyclic amines) is 1. The van der Waals surface area contributed by atoms with Crippen molar-refractivity contribution in [1.82, 2.24) is 19.4 Å². The fraction of sp³-hybridized carbons (Fsp3) is 0.667. The lowest BCUT2D eigenvalue weighted by Gasteiger charge is -2.32. The number of piperazine rings is 1. The van der Waals surface area contributed by atoms with Crippen LogP contribution in [0.2, 0.25) is 0 Å². The lowest BCUT2D eigenvalue weighted by atomic mass is 10.2. The molecule has 168 valence electrons. The number of nitrogens with one attached hydrogen (secondary N) is 1. The molecular formula is C21H34N4O4S. The molecule has 1 aromatic carbocycles. The summed E-state index contributed by atoms with van der Waals surface area (Å²) >= 11 is 0. The van der Waals surface area contributed by atoms with Crippen molar-refractivity contribution < 1.29 is 17.9 Å². The fourth-order valence-electron chi connectivity index (χ4n) is 4.19. The maximum Gasteiger partial charge on any atom is 0.243 e. The number of rotatable bonds is 9. The summed E-state index contributed by atoms with van der Waals surface area (Å²) in [7, 11) is -3.80. The van der Waals surface area contributed by atoms with E-state index in [-0.39, 0.29) is 23.4 Å². The van der Waals surface area contributed by atoms with Crippen molar-refractivity contribution in [3.63, 3.8) is 0 Å². The lowest BCUT2D eigenvalue weighted by Crippen LogP contribution is -2.52. The molecule has 0 radical (unpaired) electrons. The molecule has 1 atom stereocenters. The van der Waals surface area contributed by atoms with Gasteiger partial charge in [-0.1, -0.05) is 6.92 Å². The van der Waals surface area contributed by atoms with Gasteiger partial charge in [0, 0.05) is 38.8 Å². The molecular weight excluding hydrogens is 404 g/mol. The second kappa shape index (κ2) is 10.6. The monoisotopic (exact) mass is 438 g/mol. The molecule has 0 aromatic heterocycles. The fourth-order valence-corrected chi connectivity index (χ4v) is 5.62. The first-order valence-corrected chi connectivity index (χ1v) is 12.3. The van der Waals surface area contributed by atoms with E-state index in [0.29, 0.717) is 32.0 Å². The van der Waals surface area contributed by atoms with Gasteiger partial charge in [0.25, 0.3) is 0 Å². The Bertz CT molecular complexity index is 794. The number of carbonyl (C=O) groups is 1. The van der Waals surface area contributed by atoms with Crippen molar-refractivity contribution in [1.29, 1.82) is 0 Å². The van der Waals surface area contributed by atoms with Crippen LogP contribution >= 0.6 is 0 Å². The average Bonchev–Trinajstić information content (AvgIpc) is 3.21. The smallest absolute Gasteiger partial charge is 0.243 e. The maximum atomic E-state index is 13.5. The van der Waals surface area contributed by atoms with Gasteiger partial charge in [0.15, 0.2) is 0 Å². The summed E-state index contributed by atoms with van der Waals surface area (Å²) in [5.41, 5.74) is 0. The van der Waals surface area contributed by atoms with Crippen LogP contribution < -0.4 is 10.1 Å². The Morgan fingerprint density at radius 2 is 1.87 bits per heavy atom. The minimum atomic E-state index is -3.80. The van der Waals surface area contributed by atoms with Gasteiger partial charge in [-0.3, -0.25) is 9.69 Å². The third-order valence-electron chi connectivity index (χ3n) is 5.87. The summed E-state index contributed by atoms with van der Waals surface area (Å²) in [5, 5.41) is 3.22. The summed E-state index contributed by atoms with van der Waals surface area (Å²) in [5.74, 6) is 0.500. The Balaban J connectivity index is 1.81. The molecule has 0 bridgehead atoms. The first-order chi connectivity index (χ1) is 14.5. The number of hydrogen-bond acceptors (Lipinski definition) is 6. The Hall–Kier alpha value is -1.68. The Morgan fingerprint density at radius 1 is 1.17 bits per heavy atom. The van der Waals surface area contributed by atoms with E-state index in [9.17, 15) is 13.2 Å². The van der Waals surface area contributed by atoms with E-state index in [4.69, 9.17) is 4.74 Å². The van der Waals surface area contributed by atoms with Crippen molar-refractivity contribution in [3.8, 4) is 5.75 Å². The quantitative estimate of drug-likeness (QED) is 0.619. The topological polar surface area (TPSA) is 82.2 Å². The van der Waals surface area contributed by atoms with E-state index in [2.05, 4.69) is 17.1 Å². The number of sulfonamides is 1. The standard InChI is InChI=1S/C21H34N4O4S/c1-3-23-13-5-6-18(23)16-25(17-21(26)24-14-11-22-12-15-24)30(27,28)20-9-7-19(8-10-20)29-4-2/h7-10,18,22H,3-6,11-17H2,1-2H3/t18-/m0/s1. The summed E-state index contributed by atoms with van der Waals surface area (Å²) in [6.45, 7) is 9.27. The van der Waals surface area contributed by atoms with E-state index >= 15 is 0 Å². The number of benzene rings is 1. The van der Waals surface area contributed by atoms with Crippen LogP contribution in [0.3, 0.4) is 0 Å². The number of nitrogens with zero attached hydrogens (tertiary/aromatic N) is 3. The molecule has 2 aliphatic heterocycles. The van der Waals surface area contributed by atoms with Gasteiger partial charge in [-0.05, 0) is 57.1 Å². The molecule has 0 saturated carbocycles. The molecule has 2 saturated heterocycles. The first-order valence-electron chi connectivity index (χ1n) is 10.9. The zero-order chi connectivity index (χ0) is 21.6. The maximum absolute atomic E-state index is 13.5. The second-order valence-corrected chi connectivity index (χ2v) is 9.70. The normalized spacial score (nSPS) is 20.6. The number of carbonyl (C=O) groups excluding carboxylic acids is 1. The van der Waals surface area contributed by atoms with Crippen LogP contribution in [0.25, 0.3) is 0 Å². The van der Waals surface area contributed by atoms with Crippen molar-refractivity contribution in [2.24, 2.45) is 0 Å². The highest BCUT2D eigenvalue weighted by Crippen LogP contribution is 2.24. The second-order valence-electron chi connectivity index (χ2n) is 7.76. The average molecular weight is 439 g/mol. The van der Waals surface area contributed by atoms with Gasteiger partial charge in [0.05, 0.1) is 18.0 Å². The van der Waals surface area contributed by atoms with Crippen molar-refractivity contribution in [2.75, 3.05) is 59.0 Å². The SMILES string of the molecule is CCOc1ccc(S(=O)(=O)N(CC(=O)N2CCNCC2)C[C@@H]2CCCN2CC)cc1. The third-order valence-corrected chi connectivity index (χ3v) is 7.70. The molecule has 0 unspecified atom stereocenters. The number of amides is 1. The third kappa shape index (κ3) is 5.51. The molecule has 8 nitrogen and oxygen atoms in total. The highest BCUT2D eigenvalue weighted by molar-refractivity contribution is 7.89. The largest absolute Gasteiger partial charge is 0.494 e. The van der Waals surface area contributed by atoms with Crippen LogP contribution in [0.4, 0.5) is 0 Å². The van der Waals surface area contributed by atoms with E-state index in [1.807, 2.05) is 6.92 Å². The van der Waals surface area contributed by atoms with Crippen LogP contribution in [0, 0.1) is 0 Å². The predicted molar refractivity (Wildman–Crippen MR) is 116 cm³/mol. The number of likely N-dealkylation sites (N-methyl/N-ethyl adjacent to an activating group) is 1. The molecule has 1 amide bonds. The highest BCUT2D eigenvalue weighted by atomic mass is 32.2. The van der Waals surface area contributed by atoms with E-state index < -0.39 is 10.0 Å². The van der Waals surface area contributed by atoms with Crippen LogP contribution in [0.15, 0.2) is 29.2 Å². The lowest BCUT2D eigenvalue weighted by molar-refractivity contribution is -0.132. The minimum absolute atomic E-state index is 0.121. The summed E-state index contributed by atoms with van der Waals surface area (Å²) in [6, 6.07) is 6.61. The molecule has 2 heterocycles. The predicted octanol–water partition coefficient (Wildman–Crippen LogP) is 0.992. The summed E-state index contributed by atoms with van der Waals surface area (Å²) in [6.07, 6.45) is 2.01. The first kappa shape index (κ1) is 23.0. The molecule has 1 N–H and O–H groups in total. The molecule has 3 rings (SSSR count). The minimum Gasteiger partial charge on any atom is -0.494 e. The summed E-state index contributed by atoms with van der Waals surface area (Å²) < 4.78 is 33.8. The zero-order valence-corrected chi connectivity index (χ0v) is 18.9. The van der Waals surface area contributed by atoms with Crippen LogP contribution in [0.5, 0.6) is 5.75 Å². The van der Waals surface area contributed by atoms with Gasteiger partial charge >= 0.3 is 0 Å². The molecule has 9 heteroatoms. The van der Waals surface area contributed by atoms with Crippen molar-refractivity contribution >= 4 is 15.9 Å². The van der Waals surface area contributed by atoms with Crippen molar-refractivity contribution in [3.05, 3.63) is 24.3 Å². The Labute approximate surface area is 180 Å². The highest BCUT2D eigenvalue weighted by Gasteiger charge is 2.34. The Kier molecular flexibility index (Phi) is 8.10. The van der Waals surface area contributed by atoms with Gasteiger partial charge < -0.3 is 15.0 Å². The van der Waals surface area contributed by atoms with Gasteiger partial charge in [0.2, 0.25) is 15.9 Å². The van der Waals surface area contributed by atoms with Crippen LogP contribution in [0.1, 0.15) is 26.7 Å². The van der Waals surface area contributed by atoms with Gasteiger partial charge in [0.1, 0.15) is 5.75 Å². The van der Waals surface area contributed by atoms with Crippen molar-refractivity contribution in [2.45, 2.75) is 37.6 Å². The molecule has 2 aliphatic rings. The number of ether oxygens (including phenoxy) is 1. The van der Waals surface area contributed by atoms with Crippen LogP contribution in [-0.4, -0.2) is 93.4 Å². The van der Waals surface area contributed by atoms with Gasteiger partial charge in [-0.25, -0.2) is 8.42 Å². The Morgan fingerprint density at radius 3 is 2.50 bits per heavy atom. The van der Waals surface area contributed by atoms with Gasteiger partial charge in [-0.15, -0.1) is 0 Å². The molecule has 30 heavy (non-hydrogen) atoms. The zero-order valence-electron chi connectivity index (χ0n) is 18.0. The molecule has 1 aromatic rings. The van der Waals surface area contributed by atoms with E-state index in [1.54, 1.807) is 29.2 Å². The molecule has 0 aliphatic carbocycles. The number of hydrogen-bond donors (Lipinski definition) is 1. The molecule has 0 spiro atoms. The van der Waals surface area contributed by atoms with Crippen LogP contribution in [-0.2, 0) is 14.8 Å². The van der Waals surface area contributed by atoms with E-state index in [0.717, 1.165) is 39.0 Å². The summed E-state index contributed by atoms with van der Waals surface area (Å²) in [4.78, 5) is 17.2. The van der Waals surface area contributed by atoms with E-state index in [1.165, 1.54) is 4.31 Å². The van der Waals surface area contributed by atoms with Gasteiger partial charge in [-0.2, -0.15) is 4.31 Å².